The molecule has 0 saturated heterocycles. The quantitative estimate of drug-likeness (QED) is 0.910. The maximum absolute atomic E-state index is 12.0. The topological polar surface area (TPSA) is 79.9 Å². The van der Waals surface area contributed by atoms with Crippen molar-refractivity contribution in [2.75, 3.05) is 12.4 Å². The van der Waals surface area contributed by atoms with Gasteiger partial charge in [-0.05, 0) is 30.7 Å². The van der Waals surface area contributed by atoms with Crippen LogP contribution >= 0.6 is 15.9 Å². The molecule has 0 bridgehead atoms. The van der Waals surface area contributed by atoms with Gasteiger partial charge in [-0.15, -0.1) is 5.10 Å². The lowest BCUT2D eigenvalue weighted by Crippen LogP contribution is -2.13. The molecule has 1 aromatic carbocycles. The molecule has 7 heteroatoms. The fourth-order valence-electron chi connectivity index (χ4n) is 1.44. The van der Waals surface area contributed by atoms with Crippen LogP contribution in [0.15, 0.2) is 22.7 Å². The monoisotopic (exact) mass is 310 g/mol. The Balaban J connectivity index is 2.16. The lowest BCUT2D eigenvalue weighted by atomic mass is 10.1. The summed E-state index contributed by atoms with van der Waals surface area (Å²) in [6.07, 6.45) is 0. The van der Waals surface area contributed by atoms with Gasteiger partial charge in [0.1, 0.15) is 0 Å². The Hall–Kier alpha value is -1.89. The average molecular weight is 311 g/mol. The number of nitrogens with one attached hydrogen (secondary N) is 2. The van der Waals surface area contributed by atoms with Crippen LogP contribution in [0.1, 0.15) is 15.9 Å². The largest absolute Gasteiger partial charge is 0.466 e. The highest BCUT2D eigenvalue weighted by molar-refractivity contribution is 9.10. The minimum atomic E-state index is -0.266. The number of ether oxygens (including phenoxy) is 1. The second-order valence-corrected chi connectivity index (χ2v) is 4.56. The summed E-state index contributed by atoms with van der Waals surface area (Å²) < 4.78 is 5.66. The number of aromatic nitrogens is 3. The highest BCUT2D eigenvalue weighted by Crippen LogP contribution is 2.16. The van der Waals surface area contributed by atoms with Crippen LogP contribution in [0.4, 0.5) is 5.95 Å². The molecule has 0 aliphatic rings. The number of hydrogen-bond donors (Lipinski definition) is 2. The Morgan fingerprint density at radius 1 is 1.44 bits per heavy atom. The summed E-state index contributed by atoms with van der Waals surface area (Å²) in [4.78, 5) is 15.9. The molecule has 18 heavy (non-hydrogen) atoms. The van der Waals surface area contributed by atoms with Crippen LogP contribution in [-0.2, 0) is 0 Å². The molecule has 6 nitrogen and oxygen atoms in total. The Morgan fingerprint density at radius 3 is 2.83 bits per heavy atom. The number of carbonyl (C=O) groups excluding carboxylic acids is 1. The predicted octanol–water partition coefficient (Wildman–Crippen LogP) is 2.14. The maximum atomic E-state index is 12.0. The van der Waals surface area contributed by atoms with E-state index in [2.05, 4.69) is 36.4 Å². The van der Waals surface area contributed by atoms with Crippen molar-refractivity contribution in [2.45, 2.75) is 6.92 Å². The summed E-state index contributed by atoms with van der Waals surface area (Å²) in [5.74, 6) is -0.0207. The van der Waals surface area contributed by atoms with Crippen LogP contribution in [0.3, 0.4) is 0 Å². The van der Waals surface area contributed by atoms with Gasteiger partial charge in [-0.1, -0.05) is 15.9 Å². The summed E-state index contributed by atoms with van der Waals surface area (Å²) in [7, 11) is 1.45. The van der Waals surface area contributed by atoms with Gasteiger partial charge in [0.05, 0.1) is 7.11 Å². The summed E-state index contributed by atoms with van der Waals surface area (Å²) in [5.41, 5.74) is 1.53. The summed E-state index contributed by atoms with van der Waals surface area (Å²) in [6.45, 7) is 1.92. The van der Waals surface area contributed by atoms with Crippen molar-refractivity contribution in [2.24, 2.45) is 0 Å². The molecule has 1 aromatic heterocycles. The van der Waals surface area contributed by atoms with Crippen molar-refractivity contribution >= 4 is 27.8 Å². The molecule has 0 saturated carbocycles. The predicted molar refractivity (Wildman–Crippen MR) is 69.8 cm³/mol. The summed E-state index contributed by atoms with van der Waals surface area (Å²) in [5, 5.41) is 8.89. The van der Waals surface area contributed by atoms with Gasteiger partial charge in [-0.2, -0.15) is 4.98 Å². The molecule has 0 radical (unpaired) electrons. The molecule has 94 valence electrons. The molecule has 0 spiro atoms. The van der Waals surface area contributed by atoms with Gasteiger partial charge in [0.2, 0.25) is 5.95 Å². The number of carbonyl (C=O) groups is 1. The van der Waals surface area contributed by atoms with Crippen molar-refractivity contribution in [1.29, 1.82) is 0 Å². The van der Waals surface area contributed by atoms with Crippen LogP contribution < -0.4 is 10.1 Å². The normalized spacial score (nSPS) is 10.2. The third-order valence-corrected chi connectivity index (χ3v) is 2.64. The molecule has 0 atom stereocenters. The Labute approximate surface area is 112 Å². The first-order chi connectivity index (χ1) is 8.58. The third-order valence-electron chi connectivity index (χ3n) is 2.18. The van der Waals surface area contributed by atoms with E-state index in [-0.39, 0.29) is 17.9 Å². The van der Waals surface area contributed by atoms with E-state index in [1.165, 1.54) is 7.11 Å². The van der Waals surface area contributed by atoms with Crippen molar-refractivity contribution < 1.29 is 9.53 Å². The molecule has 1 amide bonds. The number of nitrogens with zero attached hydrogens (tertiary/aromatic N) is 2. The Bertz CT molecular complexity index is 562. The molecular weight excluding hydrogens is 300 g/mol. The van der Waals surface area contributed by atoms with E-state index in [9.17, 15) is 4.79 Å². The second-order valence-electron chi connectivity index (χ2n) is 3.64. The number of H-pyrrole nitrogens is 1. The SMILES string of the molecule is COc1n[nH]c(NC(=O)c2cc(C)cc(Br)c2)n1. The van der Waals surface area contributed by atoms with Crippen molar-refractivity contribution in [3.8, 4) is 6.01 Å². The molecule has 2 aromatic rings. The average Bonchev–Trinajstić information content (AvgIpc) is 2.75. The molecular formula is C11H11BrN4O2. The van der Waals surface area contributed by atoms with E-state index in [4.69, 9.17) is 4.74 Å². The zero-order valence-electron chi connectivity index (χ0n) is 9.82. The third kappa shape index (κ3) is 2.86. The fourth-order valence-corrected chi connectivity index (χ4v) is 2.05. The number of amides is 1. The molecule has 0 aliphatic heterocycles. The van der Waals surface area contributed by atoms with Gasteiger partial charge in [-0.3, -0.25) is 10.1 Å². The highest BCUT2D eigenvalue weighted by atomic mass is 79.9. The first kappa shape index (κ1) is 12.6. The highest BCUT2D eigenvalue weighted by Gasteiger charge is 2.10. The molecule has 0 unspecified atom stereocenters. The summed E-state index contributed by atoms with van der Waals surface area (Å²) >= 11 is 3.35. The first-order valence-corrected chi connectivity index (χ1v) is 5.92. The van der Waals surface area contributed by atoms with E-state index in [1.807, 2.05) is 13.0 Å². The van der Waals surface area contributed by atoms with Crippen LogP contribution in [0.25, 0.3) is 0 Å². The number of anilines is 1. The number of rotatable bonds is 3. The minimum Gasteiger partial charge on any atom is -0.466 e. The van der Waals surface area contributed by atoms with Crippen LogP contribution in [-0.4, -0.2) is 28.2 Å². The fraction of sp³-hybridized carbons (Fsp3) is 0.182. The summed E-state index contributed by atoms with van der Waals surface area (Å²) in [6, 6.07) is 5.62. The van der Waals surface area contributed by atoms with Gasteiger partial charge in [-0.25, -0.2) is 5.10 Å². The second kappa shape index (κ2) is 5.18. The van der Waals surface area contributed by atoms with E-state index in [0.717, 1.165) is 10.0 Å². The first-order valence-electron chi connectivity index (χ1n) is 5.13. The number of benzene rings is 1. The molecule has 2 rings (SSSR count). The van der Waals surface area contributed by atoms with Crippen molar-refractivity contribution in [1.82, 2.24) is 15.2 Å². The van der Waals surface area contributed by atoms with Gasteiger partial charge in [0.25, 0.3) is 5.91 Å². The molecule has 2 N–H and O–H groups in total. The lowest BCUT2D eigenvalue weighted by molar-refractivity contribution is 0.102. The smallest absolute Gasteiger partial charge is 0.336 e. The zero-order chi connectivity index (χ0) is 13.1. The van der Waals surface area contributed by atoms with Gasteiger partial charge in [0, 0.05) is 10.0 Å². The number of hydrogen-bond acceptors (Lipinski definition) is 4. The number of aromatic amines is 1. The number of halogens is 1. The van der Waals surface area contributed by atoms with Crippen LogP contribution in [0.2, 0.25) is 0 Å². The molecule has 1 heterocycles. The zero-order valence-corrected chi connectivity index (χ0v) is 11.4. The Morgan fingerprint density at radius 2 is 2.22 bits per heavy atom. The van der Waals surface area contributed by atoms with E-state index < -0.39 is 0 Å². The van der Waals surface area contributed by atoms with Crippen molar-refractivity contribution in [3.05, 3.63) is 33.8 Å². The number of methoxy groups -OCH3 is 1. The standard InChI is InChI=1S/C11H11BrN4O2/c1-6-3-7(5-8(12)4-6)9(17)13-10-14-11(18-2)16-15-10/h3-5H,1-2H3,(H2,13,14,15,16,17). The van der Waals surface area contributed by atoms with E-state index in [0.29, 0.717) is 5.56 Å². The number of aryl methyl sites for hydroxylation is 1. The van der Waals surface area contributed by atoms with Crippen LogP contribution in [0, 0.1) is 6.92 Å². The van der Waals surface area contributed by atoms with E-state index >= 15 is 0 Å². The minimum absolute atomic E-state index is 0.177. The van der Waals surface area contributed by atoms with E-state index in [1.54, 1.807) is 12.1 Å². The van der Waals surface area contributed by atoms with Gasteiger partial charge >= 0.3 is 6.01 Å². The van der Waals surface area contributed by atoms with Crippen molar-refractivity contribution in [3.63, 3.8) is 0 Å². The molecule has 0 aliphatic carbocycles. The van der Waals surface area contributed by atoms with Gasteiger partial charge < -0.3 is 4.74 Å². The Kier molecular flexibility index (Phi) is 3.61. The molecule has 0 fully saturated rings. The maximum Gasteiger partial charge on any atom is 0.336 e. The van der Waals surface area contributed by atoms with Gasteiger partial charge in [0.15, 0.2) is 0 Å². The lowest BCUT2D eigenvalue weighted by Gasteiger charge is -2.03. The van der Waals surface area contributed by atoms with Crippen LogP contribution in [0.5, 0.6) is 6.01 Å².